The van der Waals surface area contributed by atoms with Crippen LogP contribution in [0.5, 0.6) is 0 Å². The first-order valence-electron chi connectivity index (χ1n) is 14.0. The SMILES string of the molecule is Cc1cccc(C(=O)O)c1C1CCCn2c1nc(C)c(CCN1CCC(c3noc4cc(F)ccc34)CC1)c2=O. The van der Waals surface area contributed by atoms with Crippen LogP contribution in [0.4, 0.5) is 4.39 Å². The molecule has 0 bridgehead atoms. The van der Waals surface area contributed by atoms with E-state index < -0.39 is 5.97 Å². The molecule has 208 valence electrons. The summed E-state index contributed by atoms with van der Waals surface area (Å²) in [6.45, 7) is 6.94. The molecule has 2 aromatic heterocycles. The van der Waals surface area contributed by atoms with Crippen molar-refractivity contribution in [1.29, 1.82) is 0 Å². The summed E-state index contributed by atoms with van der Waals surface area (Å²) in [4.78, 5) is 33.0. The molecule has 1 atom stereocenters. The number of hydrogen-bond donors (Lipinski definition) is 1. The van der Waals surface area contributed by atoms with Crippen LogP contribution in [0.15, 0.2) is 45.7 Å². The predicted octanol–water partition coefficient (Wildman–Crippen LogP) is 5.19. The van der Waals surface area contributed by atoms with Gasteiger partial charge in [-0.1, -0.05) is 17.3 Å². The summed E-state index contributed by atoms with van der Waals surface area (Å²) in [6, 6.07) is 9.89. The smallest absolute Gasteiger partial charge is 0.335 e. The predicted molar refractivity (Wildman–Crippen MR) is 149 cm³/mol. The summed E-state index contributed by atoms with van der Waals surface area (Å²) in [5, 5.41) is 15.0. The Kier molecular flexibility index (Phi) is 7.00. The number of carbonyl (C=O) groups is 1. The van der Waals surface area contributed by atoms with Gasteiger partial charge in [0.1, 0.15) is 11.6 Å². The Morgan fingerprint density at radius 1 is 1.12 bits per heavy atom. The van der Waals surface area contributed by atoms with Crippen molar-refractivity contribution in [2.24, 2.45) is 0 Å². The number of likely N-dealkylation sites (tertiary alicyclic amines) is 1. The molecule has 2 aliphatic heterocycles. The van der Waals surface area contributed by atoms with Crippen LogP contribution in [0.2, 0.25) is 0 Å². The number of halogens is 1. The van der Waals surface area contributed by atoms with Gasteiger partial charge in [0.05, 0.1) is 11.3 Å². The second kappa shape index (κ2) is 10.6. The molecule has 1 fully saturated rings. The Morgan fingerprint density at radius 3 is 2.70 bits per heavy atom. The zero-order valence-electron chi connectivity index (χ0n) is 22.8. The van der Waals surface area contributed by atoms with E-state index in [4.69, 9.17) is 9.51 Å². The molecule has 1 unspecified atom stereocenters. The molecule has 9 heteroatoms. The van der Waals surface area contributed by atoms with E-state index in [1.54, 1.807) is 22.8 Å². The van der Waals surface area contributed by atoms with Gasteiger partial charge < -0.3 is 14.5 Å². The van der Waals surface area contributed by atoms with Gasteiger partial charge in [0, 0.05) is 47.6 Å². The van der Waals surface area contributed by atoms with Crippen LogP contribution in [0.3, 0.4) is 0 Å². The Bertz CT molecular complexity index is 1650. The highest BCUT2D eigenvalue weighted by atomic mass is 19.1. The maximum absolute atomic E-state index is 13.7. The fraction of sp³-hybridized carbons (Fsp3) is 0.419. The van der Waals surface area contributed by atoms with Gasteiger partial charge in [-0.2, -0.15) is 0 Å². The number of carboxylic acid groups (broad SMARTS) is 1. The van der Waals surface area contributed by atoms with Crippen LogP contribution in [0.1, 0.15) is 81.8 Å². The summed E-state index contributed by atoms with van der Waals surface area (Å²) in [5.41, 5.74) is 4.79. The third-order valence-corrected chi connectivity index (χ3v) is 8.70. The van der Waals surface area contributed by atoms with Crippen LogP contribution in [-0.2, 0) is 13.0 Å². The highest BCUT2D eigenvalue weighted by Crippen LogP contribution is 2.36. The van der Waals surface area contributed by atoms with E-state index in [0.717, 1.165) is 78.8 Å². The Labute approximate surface area is 231 Å². The second-order valence-corrected chi connectivity index (χ2v) is 11.1. The summed E-state index contributed by atoms with van der Waals surface area (Å²) < 4.78 is 20.7. The van der Waals surface area contributed by atoms with Crippen molar-refractivity contribution in [2.75, 3.05) is 19.6 Å². The molecule has 0 saturated carbocycles. The lowest BCUT2D eigenvalue weighted by Crippen LogP contribution is -2.38. The lowest BCUT2D eigenvalue weighted by molar-refractivity contribution is 0.0695. The molecule has 0 radical (unpaired) electrons. The van der Waals surface area contributed by atoms with Gasteiger partial charge in [-0.15, -0.1) is 0 Å². The van der Waals surface area contributed by atoms with E-state index in [9.17, 15) is 19.1 Å². The monoisotopic (exact) mass is 544 g/mol. The maximum Gasteiger partial charge on any atom is 0.335 e. The number of piperidine rings is 1. The van der Waals surface area contributed by atoms with Crippen molar-refractivity contribution in [2.45, 2.75) is 64.3 Å². The Hall–Kier alpha value is -3.85. The number of rotatable bonds is 6. The third-order valence-electron chi connectivity index (χ3n) is 8.70. The number of carboxylic acids is 1. The molecule has 0 amide bonds. The van der Waals surface area contributed by atoms with Crippen LogP contribution in [0, 0.1) is 19.7 Å². The number of aromatic carboxylic acids is 1. The first-order chi connectivity index (χ1) is 19.3. The molecule has 4 aromatic rings. The minimum absolute atomic E-state index is 0.00570. The van der Waals surface area contributed by atoms with Crippen LogP contribution < -0.4 is 5.56 Å². The molecule has 4 heterocycles. The van der Waals surface area contributed by atoms with Gasteiger partial charge in [-0.25, -0.2) is 14.2 Å². The van der Waals surface area contributed by atoms with Crippen molar-refractivity contribution in [3.05, 3.63) is 92.0 Å². The molecule has 2 aromatic carbocycles. The fourth-order valence-electron chi connectivity index (χ4n) is 6.60. The van der Waals surface area contributed by atoms with Crippen molar-refractivity contribution in [3.63, 3.8) is 0 Å². The van der Waals surface area contributed by atoms with E-state index in [-0.39, 0.29) is 28.8 Å². The minimum atomic E-state index is -0.957. The molecule has 8 nitrogen and oxygen atoms in total. The number of nitrogens with zero attached hydrogens (tertiary/aromatic N) is 4. The topological polar surface area (TPSA) is 101 Å². The zero-order chi connectivity index (χ0) is 28.0. The lowest BCUT2D eigenvalue weighted by atomic mass is 9.84. The van der Waals surface area contributed by atoms with Gasteiger partial charge in [0.25, 0.3) is 5.56 Å². The number of fused-ring (bicyclic) bond motifs is 2. The molecule has 1 N–H and O–H groups in total. The molecule has 6 rings (SSSR count). The third kappa shape index (κ3) is 4.72. The normalized spacial score (nSPS) is 18.2. The first-order valence-corrected chi connectivity index (χ1v) is 14.0. The van der Waals surface area contributed by atoms with Crippen molar-refractivity contribution < 1.29 is 18.8 Å². The second-order valence-electron chi connectivity index (χ2n) is 11.1. The van der Waals surface area contributed by atoms with Gasteiger partial charge in [-0.3, -0.25) is 9.36 Å². The van der Waals surface area contributed by atoms with Gasteiger partial charge in [-0.05, 0) is 88.4 Å². The van der Waals surface area contributed by atoms with E-state index >= 15 is 0 Å². The van der Waals surface area contributed by atoms with Crippen molar-refractivity contribution in [1.82, 2.24) is 19.6 Å². The number of aromatic nitrogens is 3. The van der Waals surface area contributed by atoms with Gasteiger partial charge in [0.2, 0.25) is 0 Å². The average Bonchev–Trinajstić information content (AvgIpc) is 3.36. The average molecular weight is 545 g/mol. The van der Waals surface area contributed by atoms with Crippen molar-refractivity contribution in [3.8, 4) is 0 Å². The summed E-state index contributed by atoms with van der Waals surface area (Å²) in [7, 11) is 0. The number of benzene rings is 2. The lowest BCUT2D eigenvalue weighted by Gasteiger charge is -2.32. The summed E-state index contributed by atoms with van der Waals surface area (Å²) in [6.07, 6.45) is 4.02. The standard InChI is InChI=1S/C31H33FN4O4/c1-18-5-3-6-25(31(38)39)27(18)24-7-4-13-36-29(24)33-19(2)22(30(36)37)12-16-35-14-10-20(11-15-35)28-23-9-8-21(32)17-26(23)40-34-28/h3,5-6,8-9,17,20,24H,4,7,10-16H2,1-2H3,(H,38,39). The molecule has 2 aliphatic rings. The van der Waals surface area contributed by atoms with Crippen LogP contribution in [-0.4, -0.2) is 50.3 Å². The van der Waals surface area contributed by atoms with E-state index in [1.807, 2.05) is 19.9 Å². The van der Waals surface area contributed by atoms with E-state index in [2.05, 4.69) is 10.1 Å². The number of hydrogen-bond acceptors (Lipinski definition) is 6. The molecular weight excluding hydrogens is 511 g/mol. The summed E-state index contributed by atoms with van der Waals surface area (Å²) >= 11 is 0. The quantitative estimate of drug-likeness (QED) is 0.357. The Balaban J connectivity index is 1.17. The summed E-state index contributed by atoms with van der Waals surface area (Å²) in [5.74, 6) is -0.571. The maximum atomic E-state index is 13.7. The highest BCUT2D eigenvalue weighted by Gasteiger charge is 2.31. The Morgan fingerprint density at radius 2 is 1.93 bits per heavy atom. The van der Waals surface area contributed by atoms with Crippen molar-refractivity contribution >= 4 is 16.9 Å². The molecular formula is C31H33FN4O4. The largest absolute Gasteiger partial charge is 0.478 e. The van der Waals surface area contributed by atoms with E-state index in [1.165, 1.54) is 12.1 Å². The minimum Gasteiger partial charge on any atom is -0.478 e. The van der Waals surface area contributed by atoms with E-state index in [0.29, 0.717) is 24.4 Å². The highest BCUT2D eigenvalue weighted by molar-refractivity contribution is 5.90. The molecule has 0 aliphatic carbocycles. The first kappa shape index (κ1) is 26.4. The zero-order valence-corrected chi connectivity index (χ0v) is 22.8. The van der Waals surface area contributed by atoms with Crippen LogP contribution >= 0.6 is 0 Å². The fourth-order valence-corrected chi connectivity index (χ4v) is 6.60. The molecule has 1 saturated heterocycles. The van der Waals surface area contributed by atoms with Gasteiger partial charge >= 0.3 is 5.97 Å². The molecule has 40 heavy (non-hydrogen) atoms. The molecule has 0 spiro atoms. The van der Waals surface area contributed by atoms with Gasteiger partial charge in [0.15, 0.2) is 5.58 Å². The number of aryl methyl sites for hydroxylation is 2. The van der Waals surface area contributed by atoms with Crippen LogP contribution in [0.25, 0.3) is 11.0 Å².